The van der Waals surface area contributed by atoms with E-state index in [1.165, 1.54) is 19.2 Å². The predicted molar refractivity (Wildman–Crippen MR) is 74.2 cm³/mol. The zero-order valence-corrected chi connectivity index (χ0v) is 12.1. The second-order valence-electron chi connectivity index (χ2n) is 4.28. The average Bonchev–Trinajstić information content (AvgIpc) is 2.40. The standard InChI is InChI=1S/C13H20N2O3S/c1-3-4-10-14-13(16)11-15(2)19(17,18)12-8-6-5-7-9-12/h5-9H,3-4,10-11H2,1-2H3,(H,14,16). The van der Waals surface area contributed by atoms with Gasteiger partial charge in [-0.05, 0) is 18.6 Å². The van der Waals surface area contributed by atoms with Crippen LogP contribution in [0.1, 0.15) is 19.8 Å². The van der Waals surface area contributed by atoms with Crippen LogP contribution in [0.15, 0.2) is 35.2 Å². The topological polar surface area (TPSA) is 66.5 Å². The fourth-order valence-corrected chi connectivity index (χ4v) is 2.67. The van der Waals surface area contributed by atoms with Crippen molar-refractivity contribution in [2.24, 2.45) is 0 Å². The Balaban J connectivity index is 2.62. The molecule has 0 radical (unpaired) electrons. The Morgan fingerprint density at radius 1 is 1.26 bits per heavy atom. The van der Waals surface area contributed by atoms with E-state index in [2.05, 4.69) is 5.32 Å². The third-order valence-corrected chi connectivity index (χ3v) is 4.49. The van der Waals surface area contributed by atoms with Gasteiger partial charge in [0.15, 0.2) is 0 Å². The number of hydrogen-bond acceptors (Lipinski definition) is 3. The first-order valence-corrected chi connectivity index (χ1v) is 7.70. The van der Waals surface area contributed by atoms with E-state index >= 15 is 0 Å². The number of hydrogen-bond donors (Lipinski definition) is 1. The highest BCUT2D eigenvalue weighted by Crippen LogP contribution is 2.12. The van der Waals surface area contributed by atoms with Gasteiger partial charge in [0, 0.05) is 13.6 Å². The van der Waals surface area contributed by atoms with Crippen LogP contribution in [0.2, 0.25) is 0 Å². The monoisotopic (exact) mass is 284 g/mol. The molecule has 106 valence electrons. The van der Waals surface area contributed by atoms with Crippen LogP contribution >= 0.6 is 0 Å². The van der Waals surface area contributed by atoms with E-state index in [0.29, 0.717) is 6.54 Å². The first-order chi connectivity index (χ1) is 8.98. The van der Waals surface area contributed by atoms with Gasteiger partial charge in [-0.3, -0.25) is 4.79 Å². The zero-order valence-electron chi connectivity index (χ0n) is 11.3. The Labute approximate surface area is 114 Å². The molecule has 0 spiro atoms. The summed E-state index contributed by atoms with van der Waals surface area (Å²) < 4.78 is 25.3. The summed E-state index contributed by atoms with van der Waals surface area (Å²) in [5.41, 5.74) is 0. The van der Waals surface area contributed by atoms with Crippen molar-refractivity contribution in [1.82, 2.24) is 9.62 Å². The summed E-state index contributed by atoms with van der Waals surface area (Å²) >= 11 is 0. The van der Waals surface area contributed by atoms with Crippen LogP contribution in [-0.2, 0) is 14.8 Å². The van der Waals surface area contributed by atoms with Gasteiger partial charge in [-0.2, -0.15) is 4.31 Å². The number of unbranched alkanes of at least 4 members (excludes halogenated alkanes) is 1. The van der Waals surface area contributed by atoms with Gasteiger partial charge in [-0.25, -0.2) is 8.42 Å². The third kappa shape index (κ3) is 4.65. The number of sulfonamides is 1. The first-order valence-electron chi connectivity index (χ1n) is 6.26. The molecule has 0 bridgehead atoms. The molecule has 0 unspecified atom stereocenters. The molecule has 0 aliphatic carbocycles. The van der Waals surface area contributed by atoms with E-state index < -0.39 is 10.0 Å². The number of nitrogens with one attached hydrogen (secondary N) is 1. The lowest BCUT2D eigenvalue weighted by Crippen LogP contribution is -2.38. The number of amides is 1. The van der Waals surface area contributed by atoms with Crippen molar-refractivity contribution in [3.05, 3.63) is 30.3 Å². The van der Waals surface area contributed by atoms with Gasteiger partial charge in [0.1, 0.15) is 0 Å². The molecule has 0 aliphatic heterocycles. The van der Waals surface area contributed by atoms with Crippen molar-refractivity contribution in [3.8, 4) is 0 Å². The van der Waals surface area contributed by atoms with Crippen LogP contribution in [0.5, 0.6) is 0 Å². The molecule has 1 aromatic carbocycles. The van der Waals surface area contributed by atoms with Gasteiger partial charge in [-0.1, -0.05) is 31.5 Å². The zero-order chi connectivity index (χ0) is 14.3. The van der Waals surface area contributed by atoms with Crippen molar-refractivity contribution in [3.63, 3.8) is 0 Å². The molecule has 0 heterocycles. The fraction of sp³-hybridized carbons (Fsp3) is 0.462. The van der Waals surface area contributed by atoms with Crippen LogP contribution < -0.4 is 5.32 Å². The predicted octanol–water partition coefficient (Wildman–Crippen LogP) is 1.22. The van der Waals surface area contributed by atoms with Crippen molar-refractivity contribution in [1.29, 1.82) is 0 Å². The second kappa shape index (κ2) is 7.25. The fourth-order valence-electron chi connectivity index (χ4n) is 1.52. The minimum atomic E-state index is -3.59. The maximum absolute atomic E-state index is 12.1. The highest BCUT2D eigenvalue weighted by atomic mass is 32.2. The Kier molecular flexibility index (Phi) is 5.98. The van der Waals surface area contributed by atoms with E-state index in [-0.39, 0.29) is 17.3 Å². The van der Waals surface area contributed by atoms with Crippen LogP contribution in [0.4, 0.5) is 0 Å². The number of carbonyl (C=O) groups is 1. The molecule has 19 heavy (non-hydrogen) atoms. The summed E-state index contributed by atoms with van der Waals surface area (Å²) in [4.78, 5) is 11.8. The minimum absolute atomic E-state index is 0.166. The summed E-state index contributed by atoms with van der Waals surface area (Å²) in [6, 6.07) is 8.09. The normalized spacial score (nSPS) is 11.5. The van der Waals surface area contributed by atoms with E-state index in [0.717, 1.165) is 17.1 Å². The van der Waals surface area contributed by atoms with Crippen LogP contribution in [0, 0.1) is 0 Å². The molecule has 0 aliphatic rings. The van der Waals surface area contributed by atoms with Gasteiger partial charge in [0.25, 0.3) is 0 Å². The van der Waals surface area contributed by atoms with E-state index in [4.69, 9.17) is 0 Å². The maximum atomic E-state index is 12.1. The molecule has 0 saturated carbocycles. The summed E-state index contributed by atoms with van der Waals surface area (Å²) in [6.07, 6.45) is 1.87. The Bertz CT molecular complexity index is 500. The van der Waals surface area contributed by atoms with Gasteiger partial charge in [0.2, 0.25) is 15.9 Å². The number of nitrogens with zero attached hydrogens (tertiary/aromatic N) is 1. The maximum Gasteiger partial charge on any atom is 0.243 e. The third-order valence-electron chi connectivity index (χ3n) is 2.67. The molecule has 5 nitrogen and oxygen atoms in total. The molecule has 1 amide bonds. The lowest BCUT2D eigenvalue weighted by molar-refractivity contribution is -0.121. The molecule has 0 atom stereocenters. The Morgan fingerprint density at radius 2 is 1.89 bits per heavy atom. The van der Waals surface area contributed by atoms with Crippen LogP contribution in [0.3, 0.4) is 0 Å². The number of benzene rings is 1. The minimum Gasteiger partial charge on any atom is -0.355 e. The number of rotatable bonds is 7. The van der Waals surface area contributed by atoms with Crippen molar-refractivity contribution in [2.75, 3.05) is 20.1 Å². The quantitative estimate of drug-likeness (QED) is 0.766. The van der Waals surface area contributed by atoms with Gasteiger partial charge >= 0.3 is 0 Å². The van der Waals surface area contributed by atoms with E-state index in [1.807, 2.05) is 6.92 Å². The van der Waals surface area contributed by atoms with Crippen LogP contribution in [-0.4, -0.2) is 38.8 Å². The highest BCUT2D eigenvalue weighted by molar-refractivity contribution is 7.89. The summed E-state index contributed by atoms with van der Waals surface area (Å²) in [6.45, 7) is 2.44. The molecular formula is C13H20N2O3S. The molecule has 1 rings (SSSR count). The smallest absolute Gasteiger partial charge is 0.243 e. The Hall–Kier alpha value is -1.40. The molecule has 6 heteroatoms. The average molecular weight is 284 g/mol. The summed E-state index contributed by atoms with van der Waals surface area (Å²) in [5.74, 6) is -0.282. The van der Waals surface area contributed by atoms with Gasteiger partial charge in [0.05, 0.1) is 11.4 Å². The van der Waals surface area contributed by atoms with E-state index in [9.17, 15) is 13.2 Å². The van der Waals surface area contributed by atoms with Crippen LogP contribution in [0.25, 0.3) is 0 Å². The summed E-state index contributed by atoms with van der Waals surface area (Å²) in [5, 5.41) is 2.69. The number of likely N-dealkylation sites (N-methyl/N-ethyl adjacent to an activating group) is 1. The molecule has 1 aromatic rings. The van der Waals surface area contributed by atoms with E-state index in [1.54, 1.807) is 18.2 Å². The Morgan fingerprint density at radius 3 is 2.47 bits per heavy atom. The van der Waals surface area contributed by atoms with Gasteiger partial charge < -0.3 is 5.32 Å². The first kappa shape index (κ1) is 15.7. The molecule has 1 N–H and O–H groups in total. The van der Waals surface area contributed by atoms with Crippen molar-refractivity contribution in [2.45, 2.75) is 24.7 Å². The number of carbonyl (C=O) groups excluding carboxylic acids is 1. The molecule has 0 fully saturated rings. The lowest BCUT2D eigenvalue weighted by Gasteiger charge is -2.16. The molecular weight excluding hydrogens is 264 g/mol. The lowest BCUT2D eigenvalue weighted by atomic mass is 10.3. The largest absolute Gasteiger partial charge is 0.355 e. The van der Waals surface area contributed by atoms with Gasteiger partial charge in [-0.15, -0.1) is 0 Å². The molecule has 0 aromatic heterocycles. The molecule has 0 saturated heterocycles. The SMILES string of the molecule is CCCCNC(=O)CN(C)S(=O)(=O)c1ccccc1. The highest BCUT2D eigenvalue weighted by Gasteiger charge is 2.22. The van der Waals surface area contributed by atoms with Crippen molar-refractivity contribution < 1.29 is 13.2 Å². The van der Waals surface area contributed by atoms with Crippen molar-refractivity contribution >= 4 is 15.9 Å². The summed E-state index contributed by atoms with van der Waals surface area (Å²) in [7, 11) is -2.19. The second-order valence-corrected chi connectivity index (χ2v) is 6.32.